The van der Waals surface area contributed by atoms with Gasteiger partial charge in [0.05, 0.1) is 24.7 Å². The number of piperazine rings is 1. The predicted octanol–water partition coefficient (Wildman–Crippen LogP) is 4.14. The van der Waals surface area contributed by atoms with Crippen molar-refractivity contribution in [3.63, 3.8) is 0 Å². The Morgan fingerprint density at radius 1 is 1.00 bits per heavy atom. The lowest BCUT2D eigenvalue weighted by atomic mass is 10.0. The number of likely N-dealkylation sites (tertiary alicyclic amines) is 1. The highest BCUT2D eigenvalue weighted by atomic mass is 16.5. The molecule has 0 amide bonds. The molecule has 40 heavy (non-hydrogen) atoms. The first-order valence-electron chi connectivity index (χ1n) is 15.1. The molecule has 208 valence electrons. The Kier molecular flexibility index (Phi) is 7.17. The van der Waals surface area contributed by atoms with E-state index in [4.69, 9.17) is 14.7 Å². The average Bonchev–Trinajstić information content (AvgIpc) is 3.71. The van der Waals surface area contributed by atoms with Crippen LogP contribution in [-0.4, -0.2) is 72.8 Å². The summed E-state index contributed by atoms with van der Waals surface area (Å²) in [4.78, 5) is 17.5. The molecule has 3 fully saturated rings. The molecule has 1 aromatic heterocycles. The lowest BCUT2D eigenvalue weighted by Crippen LogP contribution is -2.51. The summed E-state index contributed by atoms with van der Waals surface area (Å²) in [5.74, 6) is 1.89. The molecule has 2 atom stereocenters. The van der Waals surface area contributed by atoms with E-state index in [2.05, 4.69) is 68.6 Å². The number of benzene rings is 2. The van der Waals surface area contributed by atoms with E-state index in [9.17, 15) is 5.26 Å². The molecule has 3 aromatic rings. The summed E-state index contributed by atoms with van der Waals surface area (Å²) in [6, 6.07) is 18.6. The van der Waals surface area contributed by atoms with Gasteiger partial charge in [-0.05, 0) is 56.0 Å². The number of nitrogens with one attached hydrogen (secondary N) is 1. The van der Waals surface area contributed by atoms with Crippen LogP contribution in [0.3, 0.4) is 0 Å². The molecule has 0 bridgehead atoms. The fourth-order valence-electron chi connectivity index (χ4n) is 6.80. The summed E-state index contributed by atoms with van der Waals surface area (Å²) < 4.78 is 6.43. The summed E-state index contributed by atoms with van der Waals surface area (Å²) >= 11 is 0. The minimum absolute atomic E-state index is 0.152. The van der Waals surface area contributed by atoms with Crippen molar-refractivity contribution in [2.45, 2.75) is 57.2 Å². The van der Waals surface area contributed by atoms with Gasteiger partial charge in [0.15, 0.2) is 0 Å². The number of fused-ring (bicyclic) bond motifs is 2. The fraction of sp³-hybridized carbons (Fsp3) is 0.531. The molecule has 4 heterocycles. The third-order valence-corrected chi connectivity index (χ3v) is 9.12. The number of ether oxygens (including phenoxy) is 1. The molecule has 1 saturated carbocycles. The van der Waals surface area contributed by atoms with E-state index in [1.54, 1.807) is 0 Å². The molecule has 3 aliphatic heterocycles. The minimum atomic E-state index is 0.152. The molecule has 8 nitrogen and oxygen atoms in total. The van der Waals surface area contributed by atoms with Crippen molar-refractivity contribution in [2.75, 3.05) is 55.7 Å². The Morgan fingerprint density at radius 2 is 1.90 bits per heavy atom. The van der Waals surface area contributed by atoms with E-state index >= 15 is 0 Å². The molecule has 0 radical (unpaired) electrons. The van der Waals surface area contributed by atoms with E-state index in [0.29, 0.717) is 25.1 Å². The maximum atomic E-state index is 9.31. The molecular formula is C32H39N7O. The lowest BCUT2D eigenvalue weighted by molar-refractivity contribution is 0.160. The summed E-state index contributed by atoms with van der Waals surface area (Å²) in [6.07, 6.45) is 6.59. The summed E-state index contributed by atoms with van der Waals surface area (Å²) in [7, 11) is 0. The minimum Gasteiger partial charge on any atom is -0.462 e. The normalized spacial score (nSPS) is 23.3. The number of nitriles is 1. The Balaban J connectivity index is 1.17. The number of nitrogens with zero attached hydrogens (tertiary/aromatic N) is 6. The van der Waals surface area contributed by atoms with E-state index < -0.39 is 0 Å². The van der Waals surface area contributed by atoms with Crippen LogP contribution in [0.15, 0.2) is 42.5 Å². The van der Waals surface area contributed by atoms with Gasteiger partial charge in [-0.2, -0.15) is 15.2 Å². The van der Waals surface area contributed by atoms with Crippen LogP contribution in [0.25, 0.3) is 10.8 Å². The van der Waals surface area contributed by atoms with Crippen LogP contribution in [0.2, 0.25) is 0 Å². The molecule has 1 aliphatic carbocycles. The van der Waals surface area contributed by atoms with Gasteiger partial charge >= 0.3 is 6.01 Å². The van der Waals surface area contributed by atoms with Crippen LogP contribution in [0.5, 0.6) is 6.01 Å². The van der Waals surface area contributed by atoms with Gasteiger partial charge < -0.3 is 19.9 Å². The Labute approximate surface area is 236 Å². The van der Waals surface area contributed by atoms with Crippen molar-refractivity contribution in [3.05, 3.63) is 53.7 Å². The summed E-state index contributed by atoms with van der Waals surface area (Å²) in [6.45, 7) is 7.20. The Bertz CT molecular complexity index is 1390. The molecule has 2 saturated heterocycles. The van der Waals surface area contributed by atoms with E-state index in [-0.39, 0.29) is 6.04 Å². The number of anilines is 2. The maximum Gasteiger partial charge on any atom is 0.318 e. The number of hydrogen-bond donors (Lipinski definition) is 1. The van der Waals surface area contributed by atoms with Crippen LogP contribution in [0.4, 0.5) is 11.5 Å². The second-order valence-corrected chi connectivity index (χ2v) is 11.9. The van der Waals surface area contributed by atoms with Crippen molar-refractivity contribution in [1.82, 2.24) is 20.2 Å². The van der Waals surface area contributed by atoms with E-state index in [1.165, 1.54) is 60.8 Å². The maximum absolute atomic E-state index is 9.31. The predicted molar refractivity (Wildman–Crippen MR) is 158 cm³/mol. The van der Waals surface area contributed by atoms with Gasteiger partial charge in [0.1, 0.15) is 12.4 Å². The van der Waals surface area contributed by atoms with Gasteiger partial charge in [-0.15, -0.1) is 0 Å². The largest absolute Gasteiger partial charge is 0.462 e. The Morgan fingerprint density at radius 3 is 2.80 bits per heavy atom. The van der Waals surface area contributed by atoms with Gasteiger partial charge in [-0.3, -0.25) is 4.90 Å². The zero-order valence-corrected chi connectivity index (χ0v) is 23.3. The highest BCUT2D eigenvalue weighted by Crippen LogP contribution is 2.35. The van der Waals surface area contributed by atoms with Crippen LogP contribution in [-0.2, 0) is 13.0 Å². The monoisotopic (exact) mass is 537 g/mol. The highest BCUT2D eigenvalue weighted by molar-refractivity contribution is 5.94. The number of rotatable bonds is 8. The second kappa shape index (κ2) is 11.2. The Hall–Kier alpha value is -3.41. The van der Waals surface area contributed by atoms with Crippen LogP contribution in [0, 0.1) is 17.2 Å². The fourth-order valence-corrected chi connectivity index (χ4v) is 6.80. The van der Waals surface area contributed by atoms with Crippen LogP contribution >= 0.6 is 0 Å². The first-order chi connectivity index (χ1) is 19.7. The quantitative estimate of drug-likeness (QED) is 0.459. The zero-order chi connectivity index (χ0) is 26.9. The van der Waals surface area contributed by atoms with Gasteiger partial charge in [0, 0.05) is 61.4 Å². The van der Waals surface area contributed by atoms with Gasteiger partial charge in [0.2, 0.25) is 0 Å². The molecule has 0 spiro atoms. The van der Waals surface area contributed by atoms with Crippen molar-refractivity contribution < 1.29 is 4.74 Å². The molecule has 4 aliphatic rings. The number of hydrogen-bond acceptors (Lipinski definition) is 8. The molecular weight excluding hydrogens is 498 g/mol. The van der Waals surface area contributed by atoms with Gasteiger partial charge in [0.25, 0.3) is 0 Å². The van der Waals surface area contributed by atoms with Crippen molar-refractivity contribution in [2.24, 2.45) is 5.92 Å². The van der Waals surface area contributed by atoms with Crippen molar-refractivity contribution >= 4 is 22.3 Å². The molecule has 1 unspecified atom stereocenters. The van der Waals surface area contributed by atoms with Gasteiger partial charge in [-0.25, -0.2) is 0 Å². The highest BCUT2D eigenvalue weighted by Gasteiger charge is 2.33. The van der Waals surface area contributed by atoms with E-state index in [0.717, 1.165) is 56.6 Å². The van der Waals surface area contributed by atoms with Crippen molar-refractivity contribution in [3.8, 4) is 12.1 Å². The smallest absolute Gasteiger partial charge is 0.318 e. The topological polar surface area (TPSA) is 80.5 Å². The third-order valence-electron chi connectivity index (χ3n) is 9.12. The summed E-state index contributed by atoms with van der Waals surface area (Å²) in [5.41, 5.74) is 3.55. The van der Waals surface area contributed by atoms with Crippen LogP contribution in [0.1, 0.15) is 43.4 Å². The average molecular weight is 538 g/mol. The molecule has 8 heteroatoms. The molecule has 7 rings (SSSR count). The first kappa shape index (κ1) is 25.6. The SMILES string of the molecule is N#CCC1CN(c2nc(OC[C@@H]3CCCN3CC3CC3)nc3c2CCN(c2cccc4ccccc24)C3)CCN1. The third kappa shape index (κ3) is 5.33. The van der Waals surface area contributed by atoms with E-state index in [1.807, 2.05) is 0 Å². The molecule has 1 N–H and O–H groups in total. The zero-order valence-electron chi connectivity index (χ0n) is 23.3. The lowest BCUT2D eigenvalue weighted by Gasteiger charge is -2.37. The van der Waals surface area contributed by atoms with Crippen LogP contribution < -0.4 is 19.9 Å². The molecule has 2 aromatic carbocycles. The standard InChI is InChI=1S/C32H39N7O/c33-14-12-25-20-39(18-15-34-25)31-28-13-17-38(30-9-3-6-24-5-1-2-8-27(24)30)21-29(28)35-32(36-31)40-22-26-7-4-16-37(26)19-23-10-11-23/h1-3,5-6,8-9,23,25-26,34H,4,7,10-13,15-22H2/t25?,26-/m0/s1. The number of aromatic nitrogens is 2. The van der Waals surface area contributed by atoms with Gasteiger partial charge in [-0.1, -0.05) is 36.4 Å². The summed E-state index contributed by atoms with van der Waals surface area (Å²) in [5, 5.41) is 15.3. The van der Waals surface area contributed by atoms with Crippen molar-refractivity contribution in [1.29, 1.82) is 5.26 Å². The first-order valence-corrected chi connectivity index (χ1v) is 15.1. The second-order valence-electron chi connectivity index (χ2n) is 11.9.